The van der Waals surface area contributed by atoms with Crippen LogP contribution in [0.15, 0.2) is 35.7 Å². The van der Waals surface area contributed by atoms with Crippen LogP contribution in [0.5, 0.6) is 6.01 Å². The molecule has 2 saturated heterocycles. The van der Waals surface area contributed by atoms with Crippen LogP contribution in [0.3, 0.4) is 0 Å². The molecule has 4 aliphatic rings. The minimum Gasteiger partial charge on any atom is -0.459 e. The number of aromatic nitrogens is 3. The van der Waals surface area contributed by atoms with E-state index < -0.39 is 63.1 Å². The van der Waals surface area contributed by atoms with E-state index in [1.165, 1.54) is 25.4 Å². The number of nitrogens with zero attached hydrogens (tertiary/aromatic N) is 6. The van der Waals surface area contributed by atoms with Crippen LogP contribution in [-0.4, -0.2) is 113 Å². The molecule has 5 atom stereocenters. The van der Waals surface area contributed by atoms with Crippen LogP contribution >= 0.6 is 11.3 Å². The van der Waals surface area contributed by atoms with Crippen LogP contribution in [0.1, 0.15) is 111 Å². The second-order valence-electron chi connectivity index (χ2n) is 18.7. The Bertz CT molecular complexity index is 2290. The summed E-state index contributed by atoms with van der Waals surface area (Å²) in [6.45, 7) is 11.3. The topological polar surface area (TPSA) is 185 Å². The van der Waals surface area contributed by atoms with Crippen molar-refractivity contribution < 1.29 is 37.1 Å². The number of ketones is 1. The number of allylic oxidation sites excluding steroid dienone is 2. The average Bonchev–Trinajstić information content (AvgIpc) is 3.56. The van der Waals surface area contributed by atoms with E-state index in [-0.39, 0.29) is 37.8 Å². The van der Waals surface area contributed by atoms with Crippen LogP contribution in [0.4, 0.5) is 9.93 Å². The van der Waals surface area contributed by atoms with Crippen molar-refractivity contribution in [2.45, 2.75) is 135 Å². The molecule has 62 heavy (non-hydrogen) atoms. The van der Waals surface area contributed by atoms with Gasteiger partial charge in [-0.25, -0.2) is 14.5 Å². The predicted molar refractivity (Wildman–Crippen MR) is 238 cm³/mol. The second kappa shape index (κ2) is 18.3. The lowest BCUT2D eigenvalue weighted by Crippen LogP contribution is -2.53. The molecule has 16 nitrogen and oxygen atoms in total. The lowest BCUT2D eigenvalue weighted by molar-refractivity contribution is -0.140. The molecule has 1 aliphatic carbocycles. The van der Waals surface area contributed by atoms with Gasteiger partial charge in [-0.15, -0.1) is 11.3 Å². The number of amides is 3. The number of ether oxygens (including phenoxy) is 2. The maximum Gasteiger partial charge on any atom is 0.408 e. The van der Waals surface area contributed by atoms with Crippen LogP contribution in [0.2, 0.25) is 0 Å². The van der Waals surface area contributed by atoms with Crippen molar-refractivity contribution in [3.63, 3.8) is 0 Å². The van der Waals surface area contributed by atoms with Crippen molar-refractivity contribution in [2.75, 3.05) is 38.6 Å². The van der Waals surface area contributed by atoms with Gasteiger partial charge in [0.25, 0.3) is 6.01 Å². The fraction of sp³-hybridized carbons (Fsp3) is 0.636. The number of carbonyl (C=O) groups is 4. The fourth-order valence-corrected chi connectivity index (χ4v) is 10.4. The maximum absolute atomic E-state index is 14.8. The zero-order chi connectivity index (χ0) is 44.6. The molecule has 3 fully saturated rings. The van der Waals surface area contributed by atoms with Gasteiger partial charge in [-0.05, 0) is 91.5 Å². The third-order valence-electron chi connectivity index (χ3n) is 12.3. The maximum atomic E-state index is 14.8. The monoisotopic (exact) mass is 894 g/mol. The Hall–Kier alpha value is -4.55. The molecule has 5 heterocycles. The molecule has 3 amide bonds. The molecule has 2 aromatic heterocycles. The fourth-order valence-electron chi connectivity index (χ4n) is 8.91. The number of hydrogen-bond acceptors (Lipinski definition) is 12. The van der Waals surface area contributed by atoms with Crippen LogP contribution in [-0.2, 0) is 29.3 Å². The summed E-state index contributed by atoms with van der Waals surface area (Å²) >= 11 is 1.63. The largest absolute Gasteiger partial charge is 0.459 e. The molecule has 7 rings (SSSR count). The number of para-hydroxylation sites is 1. The molecule has 0 spiro atoms. The minimum atomic E-state index is -4.14. The molecule has 1 saturated carbocycles. The van der Waals surface area contributed by atoms with Gasteiger partial charge in [-0.1, -0.05) is 37.1 Å². The van der Waals surface area contributed by atoms with Gasteiger partial charge in [0.15, 0.2) is 10.9 Å². The van der Waals surface area contributed by atoms with Gasteiger partial charge in [-0.3, -0.25) is 19.0 Å². The Labute approximate surface area is 369 Å². The quantitative estimate of drug-likeness (QED) is 0.227. The highest BCUT2D eigenvalue weighted by atomic mass is 32.2. The van der Waals surface area contributed by atoms with E-state index in [2.05, 4.69) is 20.3 Å². The first-order valence-electron chi connectivity index (χ1n) is 22.0. The molecular weight excluding hydrogens is 833 g/mol. The number of piperidine rings is 1. The number of thiazole rings is 1. The van der Waals surface area contributed by atoms with E-state index in [1.54, 1.807) is 32.1 Å². The van der Waals surface area contributed by atoms with Crippen molar-refractivity contribution in [1.82, 2.24) is 33.8 Å². The van der Waals surface area contributed by atoms with Gasteiger partial charge >= 0.3 is 16.3 Å². The summed E-state index contributed by atoms with van der Waals surface area (Å²) in [4.78, 5) is 70.4. The van der Waals surface area contributed by atoms with Crippen LogP contribution < -0.4 is 19.7 Å². The van der Waals surface area contributed by atoms with E-state index in [9.17, 15) is 27.6 Å². The Morgan fingerprint density at radius 3 is 2.48 bits per heavy atom. The average molecular weight is 895 g/mol. The molecule has 338 valence electrons. The summed E-state index contributed by atoms with van der Waals surface area (Å²) in [5.41, 5.74) is 1.16. The van der Waals surface area contributed by atoms with Gasteiger partial charge in [0.05, 0.1) is 29.2 Å². The summed E-state index contributed by atoms with van der Waals surface area (Å²) in [7, 11) is -1.50. The minimum absolute atomic E-state index is 0.0126. The summed E-state index contributed by atoms with van der Waals surface area (Å²) < 4.78 is 43.1. The zero-order valence-electron chi connectivity index (χ0n) is 37.0. The van der Waals surface area contributed by atoms with E-state index in [1.807, 2.05) is 48.8 Å². The Kier molecular flexibility index (Phi) is 13.4. The molecule has 3 aromatic rings. The normalized spacial score (nSPS) is 25.8. The predicted octanol–water partition coefficient (Wildman–Crippen LogP) is 6.38. The smallest absolute Gasteiger partial charge is 0.408 e. The molecule has 3 aliphatic heterocycles. The van der Waals surface area contributed by atoms with Crippen molar-refractivity contribution in [2.24, 2.45) is 11.3 Å². The van der Waals surface area contributed by atoms with Gasteiger partial charge < -0.3 is 24.6 Å². The first kappa shape index (κ1) is 45.5. The van der Waals surface area contributed by atoms with Crippen molar-refractivity contribution in [3.05, 3.63) is 35.7 Å². The van der Waals surface area contributed by atoms with Gasteiger partial charge in [0, 0.05) is 57.0 Å². The zero-order valence-corrected chi connectivity index (χ0v) is 38.6. The number of imidazole rings is 1. The summed E-state index contributed by atoms with van der Waals surface area (Å²) in [5.74, 6) is -1.96. The Morgan fingerprint density at radius 1 is 1.03 bits per heavy atom. The van der Waals surface area contributed by atoms with Gasteiger partial charge in [-0.2, -0.15) is 17.7 Å². The molecule has 1 aromatic carbocycles. The van der Waals surface area contributed by atoms with E-state index >= 15 is 0 Å². The number of rotatable bonds is 9. The van der Waals surface area contributed by atoms with E-state index in [0.717, 1.165) is 70.5 Å². The molecule has 0 radical (unpaired) electrons. The Balaban J connectivity index is 1.22. The lowest BCUT2D eigenvalue weighted by atomic mass is 9.91. The highest BCUT2D eigenvalue weighted by Gasteiger charge is 2.61. The number of alkyl carbamates (subject to hydrolysis) is 1. The summed E-state index contributed by atoms with van der Waals surface area (Å²) in [5, 5.41) is 5.86. The number of benzene rings is 1. The third kappa shape index (κ3) is 9.96. The number of carbonyl (C=O) groups excluding carboxylic acids is 4. The van der Waals surface area contributed by atoms with Crippen molar-refractivity contribution in [3.8, 4) is 17.3 Å². The number of Topliss-reactive ketones (excluding diaryl/α,β-unsaturated/α-hetero) is 1. The molecule has 18 heteroatoms. The summed E-state index contributed by atoms with van der Waals surface area (Å²) in [6, 6.07) is 4.23. The number of nitrogens with one attached hydrogen (secondary N) is 2. The van der Waals surface area contributed by atoms with E-state index in [4.69, 9.17) is 19.4 Å². The first-order valence-corrected chi connectivity index (χ1v) is 24.3. The van der Waals surface area contributed by atoms with E-state index in [0.29, 0.717) is 25.3 Å². The van der Waals surface area contributed by atoms with Crippen LogP contribution in [0.25, 0.3) is 22.3 Å². The summed E-state index contributed by atoms with van der Waals surface area (Å²) in [6.07, 6.45) is 9.30. The Morgan fingerprint density at radius 2 is 1.77 bits per heavy atom. The number of hydrogen-bond donors (Lipinski definition) is 2. The van der Waals surface area contributed by atoms with Crippen molar-refractivity contribution in [1.29, 1.82) is 0 Å². The van der Waals surface area contributed by atoms with Gasteiger partial charge in [0.2, 0.25) is 11.8 Å². The molecule has 0 unspecified atom stereocenters. The molecule has 0 bridgehead atoms. The third-order valence-corrected chi connectivity index (χ3v) is 14.6. The molecular formula is C44H62N8O8S2. The highest BCUT2D eigenvalue weighted by Crippen LogP contribution is 2.57. The highest BCUT2D eigenvalue weighted by molar-refractivity contribution is 7.87. The van der Waals surface area contributed by atoms with Gasteiger partial charge in [0.1, 0.15) is 23.3 Å². The standard InChI is InChI=1S/C44H62N8O8S2/c1-28(2)52-34-20-16-18-31(33-27-61-41(45-33)50-21-14-11-15-22-50)37(34)47-40(52)59-30-23-35-36(53)25-44(39(55)48-62(57,58)49(6)7)24-29(44)17-12-9-8-10-13-19-32(38(54)51(35)26-30)46-42(56)60-43(3,4)5/h12,16-18,20,27-30,32,35H,8-11,13-15,19,21-26H2,1-7H3,(H,46,56)(H,48,55)/b17-12-/t29-,30-,32+,35+,44-/m1/s1. The number of fused-ring (bicyclic) bond motifs is 3. The first-order chi connectivity index (χ1) is 29.4. The van der Waals surface area contributed by atoms with Crippen LogP contribution in [0, 0.1) is 11.3 Å². The van der Waals surface area contributed by atoms with Crippen molar-refractivity contribution >= 4 is 61.4 Å². The molecule has 2 N–H and O–H groups in total. The SMILES string of the molecule is CC(C)n1c(O[C@@H]2C[C@H]3C(=O)C[C@]4(C(=O)NS(=O)(=O)N(C)C)C[C@H]4/C=C\CCCCC[C@H](NC(=O)OC(C)(C)C)C(=O)N3C2)nc2c(-c3csc(N4CCCCC4)n3)cccc21. The number of anilines is 1. The lowest BCUT2D eigenvalue weighted by Gasteiger charge is -2.30. The second-order valence-corrected chi connectivity index (χ2v) is 21.4.